The minimum atomic E-state index is 0.131. The number of aryl methyl sites for hydroxylation is 1. The largest absolute Gasteiger partial charge is 0.452 e. The van der Waals surface area contributed by atoms with Crippen LogP contribution >= 0.6 is 43.2 Å². The van der Waals surface area contributed by atoms with Gasteiger partial charge in [0.15, 0.2) is 4.67 Å². The number of hydrogen-bond acceptors (Lipinski definition) is 3. The molecule has 1 N–H and O–H groups in total. The van der Waals surface area contributed by atoms with Gasteiger partial charge in [0.05, 0.1) is 0 Å². The normalized spacial score (nSPS) is 12.9. The summed E-state index contributed by atoms with van der Waals surface area (Å²) in [5.74, 6) is 0.948. The van der Waals surface area contributed by atoms with Crippen LogP contribution in [0.5, 0.6) is 0 Å². The number of nitrogens with one attached hydrogen (secondary N) is 1. The van der Waals surface area contributed by atoms with Crippen molar-refractivity contribution in [1.29, 1.82) is 0 Å². The molecule has 0 aromatic carbocycles. The summed E-state index contributed by atoms with van der Waals surface area (Å²) in [6.45, 7) is 5.25. The van der Waals surface area contributed by atoms with Crippen molar-refractivity contribution >= 4 is 43.2 Å². The van der Waals surface area contributed by atoms with E-state index in [0.29, 0.717) is 0 Å². The first-order valence-electron chi connectivity index (χ1n) is 5.86. The van der Waals surface area contributed by atoms with Crippen LogP contribution in [0.4, 0.5) is 0 Å². The zero-order chi connectivity index (χ0) is 13.1. The predicted octanol–water partition coefficient (Wildman–Crippen LogP) is 5.26. The lowest BCUT2D eigenvalue weighted by Crippen LogP contribution is -2.21. The van der Waals surface area contributed by atoms with Gasteiger partial charge in [-0.25, -0.2) is 0 Å². The van der Waals surface area contributed by atoms with Gasteiger partial charge in [-0.3, -0.25) is 0 Å². The standard InChI is InChI=1S/C13H15Br2NOS/c1-3-6-16-13(10-4-5-12(15)17-10)11-7-9(14)8(2)18-11/h4-5,7,13,16H,3,6H2,1-2H3. The third-order valence-electron chi connectivity index (χ3n) is 2.64. The van der Waals surface area contributed by atoms with E-state index in [1.165, 1.54) is 9.75 Å². The van der Waals surface area contributed by atoms with Crippen molar-refractivity contribution in [3.63, 3.8) is 0 Å². The fourth-order valence-corrected chi connectivity index (χ4v) is 3.70. The van der Waals surface area contributed by atoms with E-state index in [4.69, 9.17) is 4.42 Å². The highest BCUT2D eigenvalue weighted by Gasteiger charge is 2.19. The van der Waals surface area contributed by atoms with Crippen molar-refractivity contribution in [2.24, 2.45) is 0 Å². The van der Waals surface area contributed by atoms with Crippen molar-refractivity contribution in [2.75, 3.05) is 6.54 Å². The summed E-state index contributed by atoms with van der Waals surface area (Å²) < 4.78 is 7.63. The first-order chi connectivity index (χ1) is 8.61. The number of halogens is 2. The second kappa shape index (κ2) is 6.37. The molecule has 2 nitrogen and oxygen atoms in total. The Labute approximate surface area is 128 Å². The molecule has 0 amide bonds. The lowest BCUT2D eigenvalue weighted by atomic mass is 10.2. The van der Waals surface area contributed by atoms with Gasteiger partial charge in [0, 0.05) is 14.2 Å². The van der Waals surface area contributed by atoms with Crippen molar-refractivity contribution in [3.8, 4) is 0 Å². The number of hydrogen-bond donors (Lipinski definition) is 1. The molecular weight excluding hydrogens is 378 g/mol. The maximum atomic E-state index is 5.69. The molecule has 2 aromatic heterocycles. The van der Waals surface area contributed by atoms with Crippen LogP contribution in [0.15, 0.2) is 31.8 Å². The second-order valence-electron chi connectivity index (χ2n) is 4.08. The smallest absolute Gasteiger partial charge is 0.169 e. The maximum absolute atomic E-state index is 5.69. The Morgan fingerprint density at radius 3 is 2.67 bits per heavy atom. The van der Waals surface area contributed by atoms with Gasteiger partial charge in [0.2, 0.25) is 0 Å². The van der Waals surface area contributed by atoms with E-state index in [9.17, 15) is 0 Å². The minimum absolute atomic E-state index is 0.131. The lowest BCUT2D eigenvalue weighted by molar-refractivity contribution is 0.436. The second-order valence-corrected chi connectivity index (χ2v) is 7.01. The zero-order valence-electron chi connectivity index (χ0n) is 10.3. The Balaban J connectivity index is 2.30. The SMILES string of the molecule is CCCNC(c1ccc(Br)o1)c1cc(Br)c(C)s1. The van der Waals surface area contributed by atoms with E-state index in [1.54, 1.807) is 11.3 Å². The van der Waals surface area contributed by atoms with Crippen LogP contribution in [-0.2, 0) is 0 Å². The number of rotatable bonds is 5. The molecule has 2 rings (SSSR count). The van der Waals surface area contributed by atoms with E-state index in [1.807, 2.05) is 12.1 Å². The summed E-state index contributed by atoms with van der Waals surface area (Å²) in [5, 5.41) is 3.53. The van der Waals surface area contributed by atoms with E-state index >= 15 is 0 Å². The fourth-order valence-electron chi connectivity index (χ4n) is 1.74. The molecular formula is C13H15Br2NOS. The molecule has 0 aliphatic rings. The average Bonchev–Trinajstić information content (AvgIpc) is 2.88. The van der Waals surface area contributed by atoms with E-state index in [2.05, 4.69) is 57.1 Å². The lowest BCUT2D eigenvalue weighted by Gasteiger charge is -2.14. The van der Waals surface area contributed by atoms with E-state index in [-0.39, 0.29) is 6.04 Å². The first kappa shape index (κ1) is 14.3. The van der Waals surface area contributed by atoms with Gasteiger partial charge in [0.25, 0.3) is 0 Å². The van der Waals surface area contributed by atoms with Crippen LogP contribution in [0, 0.1) is 6.92 Å². The van der Waals surface area contributed by atoms with Crippen molar-refractivity contribution in [3.05, 3.63) is 42.9 Å². The predicted molar refractivity (Wildman–Crippen MR) is 83.3 cm³/mol. The third-order valence-corrected chi connectivity index (χ3v) is 5.27. The molecule has 0 fully saturated rings. The molecule has 0 bridgehead atoms. The highest BCUT2D eigenvalue weighted by Crippen LogP contribution is 2.34. The molecule has 1 atom stereocenters. The van der Waals surface area contributed by atoms with Gasteiger partial charge in [-0.05, 0) is 69.9 Å². The van der Waals surface area contributed by atoms with Crippen LogP contribution in [0.3, 0.4) is 0 Å². The molecule has 0 aliphatic carbocycles. The summed E-state index contributed by atoms with van der Waals surface area (Å²) >= 11 is 8.73. The maximum Gasteiger partial charge on any atom is 0.169 e. The van der Waals surface area contributed by atoms with Gasteiger partial charge in [0.1, 0.15) is 11.8 Å². The Hall–Kier alpha value is -0.100. The van der Waals surface area contributed by atoms with E-state index in [0.717, 1.165) is 27.9 Å². The summed E-state index contributed by atoms with van der Waals surface area (Å²) in [6.07, 6.45) is 1.10. The Kier molecular flexibility index (Phi) is 5.06. The minimum Gasteiger partial charge on any atom is -0.452 e. The Morgan fingerprint density at radius 2 is 2.17 bits per heavy atom. The molecule has 5 heteroatoms. The monoisotopic (exact) mass is 391 g/mol. The molecule has 0 saturated carbocycles. The molecule has 1 unspecified atom stereocenters. The molecule has 0 saturated heterocycles. The molecule has 98 valence electrons. The quantitative estimate of drug-likeness (QED) is 0.750. The van der Waals surface area contributed by atoms with Crippen LogP contribution < -0.4 is 5.32 Å². The van der Waals surface area contributed by atoms with Gasteiger partial charge in [-0.2, -0.15) is 0 Å². The van der Waals surface area contributed by atoms with Crippen molar-refractivity contribution < 1.29 is 4.42 Å². The zero-order valence-corrected chi connectivity index (χ0v) is 14.3. The number of furan rings is 1. The van der Waals surface area contributed by atoms with Gasteiger partial charge >= 0.3 is 0 Å². The fraction of sp³-hybridized carbons (Fsp3) is 0.385. The van der Waals surface area contributed by atoms with Gasteiger partial charge in [-0.15, -0.1) is 11.3 Å². The van der Waals surface area contributed by atoms with E-state index < -0.39 is 0 Å². The summed E-state index contributed by atoms with van der Waals surface area (Å²) in [4.78, 5) is 2.56. The number of thiophene rings is 1. The highest BCUT2D eigenvalue weighted by molar-refractivity contribution is 9.10. The van der Waals surface area contributed by atoms with Gasteiger partial charge in [-0.1, -0.05) is 6.92 Å². The molecule has 0 spiro atoms. The summed E-state index contributed by atoms with van der Waals surface area (Å²) in [7, 11) is 0. The van der Waals surface area contributed by atoms with Crippen LogP contribution in [0.1, 0.15) is 34.9 Å². The molecule has 18 heavy (non-hydrogen) atoms. The topological polar surface area (TPSA) is 25.2 Å². The Bertz CT molecular complexity index is 501. The third kappa shape index (κ3) is 3.26. The molecule has 2 heterocycles. The van der Waals surface area contributed by atoms with Crippen molar-refractivity contribution in [1.82, 2.24) is 5.32 Å². The summed E-state index contributed by atoms with van der Waals surface area (Å²) in [5.41, 5.74) is 0. The first-order valence-corrected chi connectivity index (χ1v) is 8.26. The van der Waals surface area contributed by atoms with Crippen molar-refractivity contribution in [2.45, 2.75) is 26.3 Å². The van der Waals surface area contributed by atoms with Crippen LogP contribution in [-0.4, -0.2) is 6.54 Å². The van der Waals surface area contributed by atoms with Crippen LogP contribution in [0.25, 0.3) is 0 Å². The molecule has 0 aliphatic heterocycles. The summed E-state index contributed by atoms with van der Waals surface area (Å²) in [6, 6.07) is 6.25. The van der Waals surface area contributed by atoms with Gasteiger partial charge < -0.3 is 9.73 Å². The average molecular weight is 393 g/mol. The van der Waals surface area contributed by atoms with Crippen LogP contribution in [0.2, 0.25) is 0 Å². The highest BCUT2D eigenvalue weighted by atomic mass is 79.9. The molecule has 0 radical (unpaired) electrons. The molecule has 2 aromatic rings. The Morgan fingerprint density at radius 1 is 1.39 bits per heavy atom.